The maximum Gasteiger partial charge on any atom is 0.336 e. The molecule has 26 heavy (non-hydrogen) atoms. The lowest BCUT2D eigenvalue weighted by molar-refractivity contribution is -0.384. The quantitative estimate of drug-likeness (QED) is 0.474. The van der Waals surface area contributed by atoms with Gasteiger partial charge < -0.3 is 10.1 Å². The summed E-state index contributed by atoms with van der Waals surface area (Å²) >= 11 is 1.58. The summed E-state index contributed by atoms with van der Waals surface area (Å²) in [5.74, 6) is -0.574. The minimum Gasteiger partial charge on any atom is -0.466 e. The lowest BCUT2D eigenvalue weighted by Gasteiger charge is -2.29. The lowest BCUT2D eigenvalue weighted by Crippen LogP contribution is -2.23. The summed E-state index contributed by atoms with van der Waals surface area (Å²) in [4.78, 5) is 23.4. The molecule has 0 saturated carbocycles. The monoisotopic (exact) mass is 372 g/mol. The van der Waals surface area contributed by atoms with Crippen LogP contribution in [0, 0.1) is 10.1 Å². The molecule has 3 rings (SSSR count). The van der Waals surface area contributed by atoms with Crippen molar-refractivity contribution in [1.82, 2.24) is 0 Å². The number of rotatable bonds is 4. The normalized spacial score (nSPS) is 16.3. The minimum absolute atomic E-state index is 0.00535. The molecule has 1 unspecified atom stereocenters. The topological polar surface area (TPSA) is 81.5 Å². The number of ether oxygens (including phenoxy) is 1. The maximum absolute atomic E-state index is 12.5. The van der Waals surface area contributed by atoms with Gasteiger partial charge in [-0.05, 0) is 29.3 Å². The molecule has 0 radical (unpaired) electrons. The summed E-state index contributed by atoms with van der Waals surface area (Å²) < 4.78 is 5.01. The van der Waals surface area contributed by atoms with Gasteiger partial charge in [-0.1, -0.05) is 26.0 Å². The van der Waals surface area contributed by atoms with Gasteiger partial charge in [-0.3, -0.25) is 10.1 Å². The van der Waals surface area contributed by atoms with Crippen LogP contribution in [0.2, 0.25) is 0 Å². The van der Waals surface area contributed by atoms with Gasteiger partial charge in [0, 0.05) is 29.3 Å². The largest absolute Gasteiger partial charge is 0.466 e. The zero-order valence-corrected chi connectivity index (χ0v) is 15.8. The molecular weight excluding hydrogens is 352 g/mol. The third-order valence-electron chi connectivity index (χ3n) is 4.58. The van der Waals surface area contributed by atoms with E-state index in [-0.39, 0.29) is 11.6 Å². The second-order valence-electron chi connectivity index (χ2n) is 6.53. The number of thiophene rings is 1. The number of non-ortho nitro benzene ring substituents is 1. The van der Waals surface area contributed by atoms with Crippen LogP contribution in [0.4, 0.5) is 10.7 Å². The average Bonchev–Trinajstić information content (AvgIpc) is 3.03. The van der Waals surface area contributed by atoms with Gasteiger partial charge in [0.1, 0.15) is 0 Å². The summed E-state index contributed by atoms with van der Waals surface area (Å²) in [6, 6.07) is 6.47. The van der Waals surface area contributed by atoms with Gasteiger partial charge in [0.15, 0.2) is 0 Å². The van der Waals surface area contributed by atoms with Gasteiger partial charge in [0.25, 0.3) is 5.69 Å². The first-order chi connectivity index (χ1) is 12.3. The van der Waals surface area contributed by atoms with E-state index in [1.54, 1.807) is 17.4 Å². The third kappa shape index (κ3) is 2.99. The SMILES string of the molecule is COC(=O)C1=C(C)Nc2scc(C(C)C)c2C1c1cccc([N+](=O)[O-])c1. The molecule has 1 aliphatic heterocycles. The summed E-state index contributed by atoms with van der Waals surface area (Å²) in [7, 11) is 1.35. The van der Waals surface area contributed by atoms with Crippen molar-refractivity contribution in [3.8, 4) is 0 Å². The molecule has 1 aromatic carbocycles. The number of fused-ring (bicyclic) bond motifs is 1. The minimum atomic E-state index is -0.432. The number of carbonyl (C=O) groups is 1. The number of allylic oxidation sites excluding steroid dienone is 1. The van der Waals surface area contributed by atoms with Gasteiger partial charge in [-0.25, -0.2) is 4.79 Å². The van der Waals surface area contributed by atoms with Gasteiger partial charge in [0.05, 0.1) is 22.6 Å². The van der Waals surface area contributed by atoms with E-state index < -0.39 is 16.8 Å². The van der Waals surface area contributed by atoms with Crippen LogP contribution in [0.1, 0.15) is 49.3 Å². The van der Waals surface area contributed by atoms with Crippen molar-refractivity contribution in [1.29, 1.82) is 0 Å². The highest BCUT2D eigenvalue weighted by atomic mass is 32.1. The molecule has 2 aromatic rings. The first-order valence-corrected chi connectivity index (χ1v) is 9.14. The summed E-state index contributed by atoms with van der Waals surface area (Å²) in [6.07, 6.45) is 0. The second kappa shape index (κ2) is 6.92. The van der Waals surface area contributed by atoms with E-state index in [0.717, 1.165) is 16.1 Å². The molecule has 2 heterocycles. The highest BCUT2D eigenvalue weighted by molar-refractivity contribution is 7.14. The van der Waals surface area contributed by atoms with E-state index in [9.17, 15) is 14.9 Å². The number of carbonyl (C=O) groups excluding carboxylic acids is 1. The van der Waals surface area contributed by atoms with Gasteiger partial charge in [-0.15, -0.1) is 11.3 Å². The summed E-state index contributed by atoms with van der Waals surface area (Å²) in [5, 5.41) is 17.6. The van der Waals surface area contributed by atoms with E-state index in [2.05, 4.69) is 24.5 Å². The number of nitrogens with one attached hydrogen (secondary N) is 1. The molecule has 6 nitrogen and oxygen atoms in total. The smallest absolute Gasteiger partial charge is 0.336 e. The summed E-state index contributed by atoms with van der Waals surface area (Å²) in [6.45, 7) is 6.01. The number of hydrogen-bond acceptors (Lipinski definition) is 6. The van der Waals surface area contributed by atoms with Crippen molar-refractivity contribution in [2.24, 2.45) is 0 Å². The molecule has 0 fully saturated rings. The molecule has 0 amide bonds. The fraction of sp³-hybridized carbons (Fsp3) is 0.316. The zero-order valence-electron chi connectivity index (χ0n) is 15.0. The van der Waals surface area contributed by atoms with Crippen molar-refractivity contribution in [3.63, 3.8) is 0 Å². The first kappa shape index (κ1) is 18.1. The molecule has 1 N–H and O–H groups in total. The van der Waals surface area contributed by atoms with Gasteiger partial charge in [-0.2, -0.15) is 0 Å². The number of nitro groups is 1. The lowest BCUT2D eigenvalue weighted by atomic mass is 9.79. The van der Waals surface area contributed by atoms with Crippen LogP contribution in [0.3, 0.4) is 0 Å². The van der Waals surface area contributed by atoms with E-state index in [1.807, 2.05) is 13.0 Å². The van der Waals surface area contributed by atoms with Crippen LogP contribution >= 0.6 is 11.3 Å². The van der Waals surface area contributed by atoms with Crippen LogP contribution in [0.5, 0.6) is 0 Å². The Kier molecular flexibility index (Phi) is 4.82. The Morgan fingerprint density at radius 3 is 2.73 bits per heavy atom. The molecule has 1 atom stereocenters. The van der Waals surface area contributed by atoms with Crippen molar-refractivity contribution >= 4 is 28.0 Å². The molecular formula is C19H20N2O4S. The number of nitro benzene ring substituents is 1. The van der Waals surface area contributed by atoms with Crippen molar-refractivity contribution in [2.75, 3.05) is 12.4 Å². The highest BCUT2D eigenvalue weighted by Gasteiger charge is 2.36. The third-order valence-corrected chi connectivity index (χ3v) is 5.51. The Morgan fingerprint density at radius 2 is 2.12 bits per heavy atom. The number of nitrogens with zero attached hydrogens (tertiary/aromatic N) is 1. The predicted octanol–water partition coefficient (Wildman–Crippen LogP) is 4.78. The van der Waals surface area contributed by atoms with Crippen molar-refractivity contribution in [2.45, 2.75) is 32.6 Å². The fourth-order valence-corrected chi connectivity index (χ4v) is 4.57. The number of hydrogen-bond donors (Lipinski definition) is 1. The highest BCUT2D eigenvalue weighted by Crippen LogP contribution is 2.48. The fourth-order valence-electron chi connectivity index (χ4n) is 3.35. The van der Waals surface area contributed by atoms with Crippen LogP contribution < -0.4 is 5.32 Å². The molecule has 0 saturated heterocycles. The number of methoxy groups -OCH3 is 1. The molecule has 1 aliphatic rings. The Balaban J connectivity index is 2.27. The van der Waals surface area contributed by atoms with E-state index in [4.69, 9.17) is 4.74 Å². The van der Waals surface area contributed by atoms with Gasteiger partial charge in [0.2, 0.25) is 0 Å². The molecule has 136 valence electrons. The van der Waals surface area contributed by atoms with Crippen molar-refractivity contribution in [3.05, 3.63) is 67.7 Å². The molecule has 1 aromatic heterocycles. The first-order valence-electron chi connectivity index (χ1n) is 8.26. The predicted molar refractivity (Wildman–Crippen MR) is 102 cm³/mol. The standard InChI is InChI=1S/C19H20N2O4S/c1-10(2)14-9-26-18-17(14)16(15(11(3)20-18)19(22)25-4)12-6-5-7-13(8-12)21(23)24/h5-10,16,20H,1-4H3. The van der Waals surface area contributed by atoms with Crippen LogP contribution in [0.25, 0.3) is 0 Å². The number of anilines is 1. The number of esters is 1. The number of benzene rings is 1. The Morgan fingerprint density at radius 1 is 1.38 bits per heavy atom. The summed E-state index contributed by atoms with van der Waals surface area (Å²) in [5.41, 5.74) is 4.03. The average molecular weight is 372 g/mol. The van der Waals surface area contributed by atoms with Gasteiger partial charge >= 0.3 is 5.97 Å². The second-order valence-corrected chi connectivity index (χ2v) is 7.41. The van der Waals surface area contributed by atoms with Crippen molar-refractivity contribution < 1.29 is 14.5 Å². The van der Waals surface area contributed by atoms with E-state index >= 15 is 0 Å². The van der Waals surface area contributed by atoms with Crippen LogP contribution in [-0.4, -0.2) is 18.0 Å². The molecule has 0 spiro atoms. The van der Waals surface area contributed by atoms with E-state index in [0.29, 0.717) is 16.8 Å². The Hall–Kier alpha value is -2.67. The Labute approximate surface area is 155 Å². The van der Waals surface area contributed by atoms with Crippen LogP contribution in [-0.2, 0) is 9.53 Å². The maximum atomic E-state index is 12.5. The molecule has 7 heteroatoms. The zero-order chi connectivity index (χ0) is 19.0. The molecule has 0 bridgehead atoms. The van der Waals surface area contributed by atoms with Crippen LogP contribution in [0.15, 0.2) is 40.9 Å². The van der Waals surface area contributed by atoms with E-state index in [1.165, 1.54) is 19.2 Å². The molecule has 0 aliphatic carbocycles. The Bertz CT molecular complexity index is 914.